The summed E-state index contributed by atoms with van der Waals surface area (Å²) in [5.74, 6) is 0.729. The minimum Gasteiger partial charge on any atom is -0.444 e. The summed E-state index contributed by atoms with van der Waals surface area (Å²) in [7, 11) is 1.74. The van der Waals surface area contributed by atoms with Gasteiger partial charge in [0.1, 0.15) is 5.60 Å². The van der Waals surface area contributed by atoms with Gasteiger partial charge in [-0.3, -0.25) is 15.4 Å². The number of amides is 1. The first kappa shape index (κ1) is 20.3. The first-order chi connectivity index (χ1) is 12.9. The number of rotatable bonds is 6. The average Bonchev–Trinajstić information content (AvgIpc) is 3.11. The van der Waals surface area contributed by atoms with Crippen molar-refractivity contribution in [3.8, 4) is 0 Å². The molecule has 8 heteroatoms. The molecule has 8 nitrogen and oxygen atoms in total. The second-order valence-corrected chi connectivity index (χ2v) is 7.01. The summed E-state index contributed by atoms with van der Waals surface area (Å²) >= 11 is 0. The van der Waals surface area contributed by atoms with E-state index in [0.717, 1.165) is 30.2 Å². The van der Waals surface area contributed by atoms with Crippen molar-refractivity contribution < 1.29 is 9.53 Å². The van der Waals surface area contributed by atoms with Gasteiger partial charge < -0.3 is 15.4 Å². The highest BCUT2D eigenvalue weighted by Crippen LogP contribution is 2.13. The van der Waals surface area contributed by atoms with Gasteiger partial charge in [-0.05, 0) is 51.0 Å². The van der Waals surface area contributed by atoms with Gasteiger partial charge in [-0.2, -0.15) is 5.10 Å². The van der Waals surface area contributed by atoms with E-state index in [9.17, 15) is 4.79 Å². The molecule has 0 unspecified atom stereocenters. The highest BCUT2D eigenvalue weighted by Gasteiger charge is 2.16. The summed E-state index contributed by atoms with van der Waals surface area (Å²) in [6, 6.07) is 9.60. The lowest BCUT2D eigenvalue weighted by molar-refractivity contribution is 0.0636. The molecule has 2 rings (SSSR count). The van der Waals surface area contributed by atoms with Gasteiger partial charge in [0.25, 0.3) is 0 Å². The Balaban J connectivity index is 1.73. The van der Waals surface area contributed by atoms with E-state index < -0.39 is 11.7 Å². The van der Waals surface area contributed by atoms with Crippen LogP contribution in [0.15, 0.2) is 41.5 Å². The lowest BCUT2D eigenvalue weighted by Gasteiger charge is -2.19. The molecule has 2 aromatic rings. The summed E-state index contributed by atoms with van der Waals surface area (Å²) in [6.45, 7) is 6.87. The summed E-state index contributed by atoms with van der Waals surface area (Å²) in [5, 5.41) is 16.0. The standard InChI is InChI=1S/C19H28N6O2/c1-19(2,3)27-18(26)24-15-7-5-14(6-8-15)9-11-21-17(20-4)22-13-16-10-12-23-25-16/h5-8,10,12H,9,11,13H2,1-4H3,(H,23,25)(H,24,26)(H2,20,21,22). The van der Waals surface area contributed by atoms with E-state index in [1.165, 1.54) is 0 Å². The zero-order valence-electron chi connectivity index (χ0n) is 16.3. The molecule has 1 amide bonds. The van der Waals surface area contributed by atoms with Gasteiger partial charge in [-0.15, -0.1) is 0 Å². The topological polar surface area (TPSA) is 103 Å². The third kappa shape index (κ3) is 7.81. The molecule has 0 aliphatic heterocycles. The third-order valence-corrected chi connectivity index (χ3v) is 3.53. The number of H-pyrrole nitrogens is 1. The molecule has 4 N–H and O–H groups in total. The zero-order chi connectivity index (χ0) is 19.7. The molecule has 1 heterocycles. The molecule has 0 atom stereocenters. The van der Waals surface area contributed by atoms with Crippen LogP contribution >= 0.6 is 0 Å². The maximum atomic E-state index is 11.8. The van der Waals surface area contributed by atoms with E-state index in [1.54, 1.807) is 13.2 Å². The molecule has 146 valence electrons. The number of hydrogen-bond donors (Lipinski definition) is 4. The molecule has 0 bridgehead atoms. The van der Waals surface area contributed by atoms with E-state index in [-0.39, 0.29) is 0 Å². The summed E-state index contributed by atoms with van der Waals surface area (Å²) < 4.78 is 5.24. The monoisotopic (exact) mass is 372 g/mol. The maximum absolute atomic E-state index is 11.8. The molecule has 0 aliphatic rings. The van der Waals surface area contributed by atoms with Gasteiger partial charge >= 0.3 is 6.09 Å². The van der Waals surface area contributed by atoms with E-state index in [1.807, 2.05) is 51.1 Å². The van der Waals surface area contributed by atoms with Crippen molar-refractivity contribution >= 4 is 17.7 Å². The van der Waals surface area contributed by atoms with Crippen LogP contribution in [0.25, 0.3) is 0 Å². The van der Waals surface area contributed by atoms with Crippen LogP contribution in [0.5, 0.6) is 0 Å². The van der Waals surface area contributed by atoms with E-state index in [4.69, 9.17) is 4.74 Å². The highest BCUT2D eigenvalue weighted by atomic mass is 16.6. The van der Waals surface area contributed by atoms with Gasteiger partial charge in [0, 0.05) is 25.5 Å². The number of benzene rings is 1. The fourth-order valence-corrected chi connectivity index (χ4v) is 2.28. The number of carbonyl (C=O) groups excluding carboxylic acids is 1. The molecule has 27 heavy (non-hydrogen) atoms. The lowest BCUT2D eigenvalue weighted by Crippen LogP contribution is -2.37. The van der Waals surface area contributed by atoms with E-state index in [2.05, 4.69) is 31.1 Å². The Morgan fingerprint density at radius 1 is 1.19 bits per heavy atom. The fraction of sp³-hybridized carbons (Fsp3) is 0.421. The number of aromatic amines is 1. The van der Waals surface area contributed by atoms with Crippen molar-refractivity contribution in [2.45, 2.75) is 39.3 Å². The largest absolute Gasteiger partial charge is 0.444 e. The first-order valence-corrected chi connectivity index (χ1v) is 8.87. The number of hydrogen-bond acceptors (Lipinski definition) is 4. The van der Waals surface area contributed by atoms with Crippen LogP contribution in [-0.4, -0.2) is 41.4 Å². The number of ether oxygens (including phenoxy) is 1. The molecule has 1 aromatic heterocycles. The lowest BCUT2D eigenvalue weighted by atomic mass is 10.1. The van der Waals surface area contributed by atoms with Crippen molar-refractivity contribution in [2.24, 2.45) is 4.99 Å². The Hall–Kier alpha value is -3.03. The van der Waals surface area contributed by atoms with Gasteiger partial charge in [0.15, 0.2) is 5.96 Å². The van der Waals surface area contributed by atoms with Crippen LogP contribution in [0.3, 0.4) is 0 Å². The number of aromatic nitrogens is 2. The minimum atomic E-state index is -0.514. The smallest absolute Gasteiger partial charge is 0.412 e. The van der Waals surface area contributed by atoms with Gasteiger partial charge in [-0.25, -0.2) is 4.79 Å². The van der Waals surface area contributed by atoms with Crippen LogP contribution in [0.1, 0.15) is 32.0 Å². The molecular weight excluding hydrogens is 344 g/mol. The first-order valence-electron chi connectivity index (χ1n) is 8.87. The Morgan fingerprint density at radius 2 is 1.93 bits per heavy atom. The molecule has 0 saturated carbocycles. The molecule has 0 aliphatic carbocycles. The molecule has 0 saturated heterocycles. The Morgan fingerprint density at radius 3 is 2.52 bits per heavy atom. The van der Waals surface area contributed by atoms with Crippen molar-refractivity contribution in [1.29, 1.82) is 0 Å². The Labute approximate surface area is 159 Å². The SMILES string of the molecule is CN=C(NCCc1ccc(NC(=O)OC(C)(C)C)cc1)NCc1ccn[nH]1. The molecule has 0 spiro atoms. The van der Waals surface area contributed by atoms with Crippen LogP contribution in [0.4, 0.5) is 10.5 Å². The summed E-state index contributed by atoms with van der Waals surface area (Å²) in [4.78, 5) is 16.0. The number of anilines is 1. The summed E-state index contributed by atoms with van der Waals surface area (Å²) in [5.41, 5.74) is 2.34. The molecular formula is C19H28N6O2. The fourth-order valence-electron chi connectivity index (χ4n) is 2.28. The number of aliphatic imine (C=N–C) groups is 1. The number of carbonyl (C=O) groups is 1. The van der Waals surface area contributed by atoms with Gasteiger partial charge in [0.05, 0.1) is 12.2 Å². The predicted molar refractivity (Wildman–Crippen MR) is 107 cm³/mol. The predicted octanol–water partition coefficient (Wildman–Crippen LogP) is 2.66. The van der Waals surface area contributed by atoms with Gasteiger partial charge in [-0.1, -0.05) is 12.1 Å². The van der Waals surface area contributed by atoms with Crippen molar-refractivity contribution in [2.75, 3.05) is 18.9 Å². The highest BCUT2D eigenvalue weighted by molar-refractivity contribution is 5.84. The minimum absolute atomic E-state index is 0.455. The van der Waals surface area contributed by atoms with E-state index in [0.29, 0.717) is 12.2 Å². The Kier molecular flexibility index (Phi) is 7.22. The molecule has 0 radical (unpaired) electrons. The van der Waals surface area contributed by atoms with Crippen LogP contribution in [-0.2, 0) is 17.7 Å². The number of nitrogens with zero attached hydrogens (tertiary/aromatic N) is 2. The second kappa shape index (κ2) is 9.61. The summed E-state index contributed by atoms with van der Waals surface area (Å²) in [6.07, 6.45) is 2.09. The normalized spacial score (nSPS) is 11.8. The van der Waals surface area contributed by atoms with Gasteiger partial charge in [0.2, 0.25) is 0 Å². The second-order valence-electron chi connectivity index (χ2n) is 7.01. The van der Waals surface area contributed by atoms with Crippen molar-refractivity contribution in [1.82, 2.24) is 20.8 Å². The van der Waals surface area contributed by atoms with Crippen LogP contribution < -0.4 is 16.0 Å². The van der Waals surface area contributed by atoms with Crippen LogP contribution in [0.2, 0.25) is 0 Å². The molecule has 1 aromatic carbocycles. The molecule has 0 fully saturated rings. The third-order valence-electron chi connectivity index (χ3n) is 3.53. The van der Waals surface area contributed by atoms with Crippen LogP contribution in [0, 0.1) is 0 Å². The zero-order valence-corrected chi connectivity index (χ0v) is 16.3. The number of guanidine groups is 1. The maximum Gasteiger partial charge on any atom is 0.412 e. The van der Waals surface area contributed by atoms with Crippen molar-refractivity contribution in [3.05, 3.63) is 47.8 Å². The van der Waals surface area contributed by atoms with Crippen molar-refractivity contribution in [3.63, 3.8) is 0 Å². The number of nitrogens with one attached hydrogen (secondary N) is 4. The quantitative estimate of drug-likeness (QED) is 0.461. The van der Waals surface area contributed by atoms with E-state index >= 15 is 0 Å². The average molecular weight is 372 g/mol. The Bertz CT molecular complexity index is 733.